The highest BCUT2D eigenvalue weighted by molar-refractivity contribution is 5.80. The van der Waals surface area contributed by atoms with E-state index in [1.54, 1.807) is 19.4 Å². The standard InChI is InChI=1S/C20H26FN5O/c1-3-22-20(24-15-16-7-6-10-23-19(16)27-2)26-13-11-25(12-14-26)18-9-5-4-8-17(18)21/h4-10H,3,11-15H2,1-2H3,(H,22,24). The van der Waals surface area contributed by atoms with E-state index in [2.05, 4.69) is 27.0 Å². The van der Waals surface area contributed by atoms with E-state index in [-0.39, 0.29) is 5.82 Å². The highest BCUT2D eigenvalue weighted by Gasteiger charge is 2.21. The Hall–Kier alpha value is -2.83. The van der Waals surface area contributed by atoms with Gasteiger partial charge in [0.1, 0.15) is 5.82 Å². The number of aliphatic imine (C=N–C) groups is 1. The number of guanidine groups is 1. The number of rotatable bonds is 5. The maximum Gasteiger partial charge on any atom is 0.218 e. The topological polar surface area (TPSA) is 53.0 Å². The predicted octanol–water partition coefficient (Wildman–Crippen LogP) is 2.52. The van der Waals surface area contributed by atoms with Crippen molar-refractivity contribution in [3.63, 3.8) is 0 Å². The minimum absolute atomic E-state index is 0.171. The zero-order valence-electron chi connectivity index (χ0n) is 15.9. The average molecular weight is 371 g/mol. The van der Waals surface area contributed by atoms with Gasteiger partial charge in [0.2, 0.25) is 5.88 Å². The van der Waals surface area contributed by atoms with Crippen LogP contribution in [-0.4, -0.2) is 55.7 Å². The molecule has 0 bridgehead atoms. The number of piperazine rings is 1. The number of para-hydroxylation sites is 1. The first-order valence-corrected chi connectivity index (χ1v) is 9.23. The molecule has 0 saturated carbocycles. The van der Waals surface area contributed by atoms with Crippen molar-refractivity contribution in [2.24, 2.45) is 4.99 Å². The summed E-state index contributed by atoms with van der Waals surface area (Å²) in [6, 6.07) is 10.8. The molecule has 1 aliphatic rings. The van der Waals surface area contributed by atoms with Crippen molar-refractivity contribution in [3.05, 3.63) is 54.0 Å². The first-order chi connectivity index (χ1) is 13.2. The molecule has 1 aromatic heterocycles. The summed E-state index contributed by atoms with van der Waals surface area (Å²) in [5, 5.41) is 3.35. The van der Waals surface area contributed by atoms with E-state index in [1.165, 1.54) is 6.07 Å². The van der Waals surface area contributed by atoms with Crippen molar-refractivity contribution >= 4 is 11.6 Å². The van der Waals surface area contributed by atoms with Gasteiger partial charge in [-0.1, -0.05) is 18.2 Å². The van der Waals surface area contributed by atoms with Crippen LogP contribution in [0.4, 0.5) is 10.1 Å². The van der Waals surface area contributed by atoms with Crippen molar-refractivity contribution in [1.29, 1.82) is 0 Å². The van der Waals surface area contributed by atoms with Crippen LogP contribution in [0.25, 0.3) is 0 Å². The molecule has 6 nitrogen and oxygen atoms in total. The molecule has 1 N–H and O–H groups in total. The largest absolute Gasteiger partial charge is 0.481 e. The number of nitrogens with zero attached hydrogens (tertiary/aromatic N) is 4. The monoisotopic (exact) mass is 371 g/mol. The van der Waals surface area contributed by atoms with Crippen molar-refractivity contribution in [2.75, 3.05) is 44.7 Å². The van der Waals surface area contributed by atoms with E-state index in [0.717, 1.165) is 44.2 Å². The van der Waals surface area contributed by atoms with Crippen molar-refractivity contribution < 1.29 is 9.13 Å². The predicted molar refractivity (Wildman–Crippen MR) is 106 cm³/mol. The lowest BCUT2D eigenvalue weighted by Crippen LogP contribution is -2.52. The van der Waals surface area contributed by atoms with Gasteiger partial charge in [0.25, 0.3) is 0 Å². The van der Waals surface area contributed by atoms with Crippen molar-refractivity contribution in [3.8, 4) is 5.88 Å². The average Bonchev–Trinajstić information content (AvgIpc) is 2.72. The number of anilines is 1. The van der Waals surface area contributed by atoms with E-state index in [0.29, 0.717) is 18.1 Å². The highest BCUT2D eigenvalue weighted by Crippen LogP contribution is 2.20. The van der Waals surface area contributed by atoms with Gasteiger partial charge in [0.15, 0.2) is 5.96 Å². The lowest BCUT2D eigenvalue weighted by molar-refractivity contribution is 0.370. The SMILES string of the molecule is CCNC(=NCc1cccnc1OC)N1CCN(c2ccccc2F)CC1. The third kappa shape index (κ3) is 4.67. The number of hydrogen-bond acceptors (Lipinski definition) is 4. The molecule has 2 aromatic rings. The van der Waals surface area contributed by atoms with Gasteiger partial charge in [0.05, 0.1) is 19.3 Å². The smallest absolute Gasteiger partial charge is 0.218 e. The zero-order chi connectivity index (χ0) is 19.1. The third-order valence-corrected chi connectivity index (χ3v) is 4.55. The van der Waals surface area contributed by atoms with E-state index >= 15 is 0 Å². The molecule has 27 heavy (non-hydrogen) atoms. The van der Waals surface area contributed by atoms with Gasteiger partial charge in [-0.3, -0.25) is 0 Å². The second-order valence-electron chi connectivity index (χ2n) is 6.27. The second kappa shape index (κ2) is 9.21. The van der Waals surface area contributed by atoms with Crippen LogP contribution in [0.3, 0.4) is 0 Å². The fourth-order valence-corrected chi connectivity index (χ4v) is 3.18. The lowest BCUT2D eigenvalue weighted by Gasteiger charge is -2.37. The third-order valence-electron chi connectivity index (χ3n) is 4.55. The van der Waals surface area contributed by atoms with Gasteiger partial charge in [0, 0.05) is 44.5 Å². The van der Waals surface area contributed by atoms with Gasteiger partial charge >= 0.3 is 0 Å². The summed E-state index contributed by atoms with van der Waals surface area (Å²) in [4.78, 5) is 13.3. The molecule has 1 aromatic carbocycles. The summed E-state index contributed by atoms with van der Waals surface area (Å²) in [5.74, 6) is 1.29. The Morgan fingerprint density at radius 1 is 1.19 bits per heavy atom. The molecule has 7 heteroatoms. The van der Waals surface area contributed by atoms with Gasteiger partial charge in [-0.2, -0.15) is 0 Å². The summed E-state index contributed by atoms with van der Waals surface area (Å²) in [7, 11) is 1.61. The van der Waals surface area contributed by atoms with Crippen molar-refractivity contribution in [1.82, 2.24) is 15.2 Å². The highest BCUT2D eigenvalue weighted by atomic mass is 19.1. The maximum atomic E-state index is 14.0. The van der Waals surface area contributed by atoms with Crippen LogP contribution in [0.15, 0.2) is 47.6 Å². The van der Waals surface area contributed by atoms with Gasteiger partial charge in [-0.15, -0.1) is 0 Å². The summed E-state index contributed by atoms with van der Waals surface area (Å²) in [5.41, 5.74) is 1.61. The first-order valence-electron chi connectivity index (χ1n) is 9.23. The molecular formula is C20H26FN5O. The van der Waals surface area contributed by atoms with Crippen LogP contribution in [0.5, 0.6) is 5.88 Å². The lowest BCUT2D eigenvalue weighted by atomic mass is 10.2. The summed E-state index contributed by atoms with van der Waals surface area (Å²) in [6.07, 6.45) is 1.71. The molecule has 144 valence electrons. The Kier molecular flexibility index (Phi) is 6.46. The van der Waals surface area contributed by atoms with Gasteiger partial charge in [-0.05, 0) is 25.1 Å². The Morgan fingerprint density at radius 3 is 2.67 bits per heavy atom. The van der Waals surface area contributed by atoms with Crippen LogP contribution in [0.1, 0.15) is 12.5 Å². The van der Waals surface area contributed by atoms with Crippen LogP contribution in [0.2, 0.25) is 0 Å². The molecule has 0 unspecified atom stereocenters. The van der Waals surface area contributed by atoms with Crippen molar-refractivity contribution in [2.45, 2.75) is 13.5 Å². The van der Waals surface area contributed by atoms with Gasteiger partial charge < -0.3 is 19.9 Å². The number of benzene rings is 1. The Morgan fingerprint density at radius 2 is 1.96 bits per heavy atom. The number of halogens is 1. The van der Waals surface area contributed by atoms with Crippen LogP contribution in [0, 0.1) is 5.82 Å². The zero-order valence-corrected chi connectivity index (χ0v) is 15.9. The molecule has 3 rings (SSSR count). The second-order valence-corrected chi connectivity index (χ2v) is 6.27. The number of aromatic nitrogens is 1. The summed E-state index contributed by atoms with van der Waals surface area (Å²) in [6.45, 7) is 6.40. The number of methoxy groups -OCH3 is 1. The molecule has 1 saturated heterocycles. The van der Waals surface area contributed by atoms with Crippen LogP contribution >= 0.6 is 0 Å². The quantitative estimate of drug-likeness (QED) is 0.647. The Labute approximate surface area is 159 Å². The molecule has 0 aliphatic carbocycles. The minimum atomic E-state index is -0.171. The molecule has 0 atom stereocenters. The van der Waals surface area contributed by atoms with Crippen LogP contribution < -0.4 is 15.0 Å². The van der Waals surface area contributed by atoms with E-state index < -0.39 is 0 Å². The molecule has 0 amide bonds. The Balaban J connectivity index is 1.67. The number of ether oxygens (including phenoxy) is 1. The molecule has 0 radical (unpaired) electrons. The van der Waals surface area contributed by atoms with E-state index in [9.17, 15) is 4.39 Å². The first kappa shape index (κ1) is 18.9. The maximum absolute atomic E-state index is 14.0. The minimum Gasteiger partial charge on any atom is -0.481 e. The number of pyridine rings is 1. The fourth-order valence-electron chi connectivity index (χ4n) is 3.18. The van der Waals surface area contributed by atoms with Gasteiger partial charge in [-0.25, -0.2) is 14.4 Å². The molecule has 0 spiro atoms. The summed E-state index contributed by atoms with van der Waals surface area (Å²) >= 11 is 0. The normalized spacial score (nSPS) is 15.0. The molecular weight excluding hydrogens is 345 g/mol. The Bertz CT molecular complexity index is 774. The number of hydrogen-bond donors (Lipinski definition) is 1. The molecule has 2 heterocycles. The summed E-state index contributed by atoms with van der Waals surface area (Å²) < 4.78 is 19.3. The molecule has 1 fully saturated rings. The molecule has 1 aliphatic heterocycles. The fraction of sp³-hybridized carbons (Fsp3) is 0.400. The number of nitrogens with one attached hydrogen (secondary N) is 1. The van der Waals surface area contributed by atoms with E-state index in [1.807, 2.05) is 24.3 Å². The van der Waals surface area contributed by atoms with Crippen LogP contribution in [-0.2, 0) is 6.54 Å². The van der Waals surface area contributed by atoms with E-state index in [4.69, 9.17) is 9.73 Å².